The van der Waals surface area contributed by atoms with Gasteiger partial charge in [0.05, 0.1) is 11.9 Å². The van der Waals surface area contributed by atoms with Crippen LogP contribution in [0.15, 0.2) is 84.0 Å². The fourth-order valence-electron chi connectivity index (χ4n) is 2.97. The van der Waals surface area contributed by atoms with Crippen molar-refractivity contribution in [3.63, 3.8) is 0 Å². The third-order valence-electron chi connectivity index (χ3n) is 4.63. The third kappa shape index (κ3) is 4.96. The van der Waals surface area contributed by atoms with Crippen molar-refractivity contribution in [2.75, 3.05) is 0 Å². The summed E-state index contributed by atoms with van der Waals surface area (Å²) in [6.07, 6.45) is 1.36. The number of amides is 1. The van der Waals surface area contributed by atoms with Crippen molar-refractivity contribution in [1.82, 2.24) is 15.6 Å². The van der Waals surface area contributed by atoms with E-state index in [4.69, 9.17) is 16.3 Å². The van der Waals surface area contributed by atoms with Gasteiger partial charge in [-0.05, 0) is 36.4 Å². The van der Waals surface area contributed by atoms with Crippen molar-refractivity contribution in [1.29, 1.82) is 0 Å². The summed E-state index contributed by atoms with van der Waals surface area (Å²) in [5.74, 6) is 0.219. The quantitative estimate of drug-likeness (QED) is 0.281. The Hall–Kier alpha value is -4.10. The lowest BCUT2D eigenvalue weighted by Gasteiger charge is -2.11. The number of phenols is 1. The zero-order valence-corrected chi connectivity index (χ0v) is 17.6. The van der Waals surface area contributed by atoms with E-state index in [-0.39, 0.29) is 11.4 Å². The fourth-order valence-corrected chi connectivity index (χ4v) is 3.16. The molecule has 0 atom stereocenters. The van der Waals surface area contributed by atoms with Gasteiger partial charge in [-0.3, -0.25) is 9.89 Å². The predicted octanol–water partition coefficient (Wildman–Crippen LogP) is 4.78. The molecule has 4 aromatic rings. The van der Waals surface area contributed by atoms with Crippen LogP contribution in [0.5, 0.6) is 11.5 Å². The summed E-state index contributed by atoms with van der Waals surface area (Å²) >= 11 is 6.21. The molecule has 8 heteroatoms. The maximum Gasteiger partial charge on any atom is 0.289 e. The molecule has 0 spiro atoms. The lowest BCUT2D eigenvalue weighted by atomic mass is 10.1. The van der Waals surface area contributed by atoms with Crippen LogP contribution < -0.4 is 10.2 Å². The standard InChI is InChI=1S/C24H19ClN4O3/c25-19-10-4-1-8-17(19)15-32-23-12-6-3-9-18(23)20-13-21(28-27-20)24(31)29-26-14-16-7-2-5-11-22(16)30/h1-14,30H,15H2,(H,27,28)(H,29,31). The van der Waals surface area contributed by atoms with Crippen LogP contribution in [0.4, 0.5) is 0 Å². The summed E-state index contributed by atoms with van der Waals surface area (Å²) in [4.78, 5) is 12.4. The largest absolute Gasteiger partial charge is 0.507 e. The highest BCUT2D eigenvalue weighted by Crippen LogP contribution is 2.30. The zero-order chi connectivity index (χ0) is 22.3. The van der Waals surface area contributed by atoms with Crippen LogP contribution in [0, 0.1) is 0 Å². The highest BCUT2D eigenvalue weighted by atomic mass is 35.5. The molecule has 0 aliphatic rings. The maximum absolute atomic E-state index is 12.4. The molecule has 1 amide bonds. The third-order valence-corrected chi connectivity index (χ3v) is 5.00. The lowest BCUT2D eigenvalue weighted by molar-refractivity contribution is 0.0950. The van der Waals surface area contributed by atoms with Crippen molar-refractivity contribution < 1.29 is 14.6 Å². The van der Waals surface area contributed by atoms with Crippen LogP contribution in [0.2, 0.25) is 5.02 Å². The fraction of sp³-hybridized carbons (Fsp3) is 0.0417. The Morgan fingerprint density at radius 1 is 1.09 bits per heavy atom. The predicted molar refractivity (Wildman–Crippen MR) is 123 cm³/mol. The maximum atomic E-state index is 12.4. The van der Waals surface area contributed by atoms with E-state index in [2.05, 4.69) is 20.7 Å². The monoisotopic (exact) mass is 446 g/mol. The van der Waals surface area contributed by atoms with Gasteiger partial charge in [0.2, 0.25) is 0 Å². The van der Waals surface area contributed by atoms with Gasteiger partial charge in [0.1, 0.15) is 23.8 Å². The minimum Gasteiger partial charge on any atom is -0.507 e. The summed E-state index contributed by atoms with van der Waals surface area (Å²) in [6, 6.07) is 23.2. The van der Waals surface area contributed by atoms with E-state index < -0.39 is 5.91 Å². The van der Waals surface area contributed by atoms with Gasteiger partial charge < -0.3 is 9.84 Å². The van der Waals surface area contributed by atoms with E-state index in [0.29, 0.717) is 28.6 Å². The molecule has 0 fully saturated rings. The van der Waals surface area contributed by atoms with Gasteiger partial charge in [-0.1, -0.05) is 54.1 Å². The minimum atomic E-state index is -0.468. The number of halogens is 1. The molecule has 0 unspecified atom stereocenters. The number of aromatic hydroxyl groups is 1. The number of carbonyl (C=O) groups is 1. The molecular formula is C24H19ClN4O3. The Morgan fingerprint density at radius 2 is 1.84 bits per heavy atom. The highest BCUT2D eigenvalue weighted by Gasteiger charge is 2.14. The van der Waals surface area contributed by atoms with Crippen LogP contribution in [-0.2, 0) is 6.61 Å². The minimum absolute atomic E-state index is 0.0720. The second-order valence-electron chi connectivity index (χ2n) is 6.80. The van der Waals surface area contributed by atoms with Crippen molar-refractivity contribution in [3.05, 3.63) is 101 Å². The van der Waals surface area contributed by atoms with Crippen molar-refractivity contribution in [2.24, 2.45) is 5.10 Å². The van der Waals surface area contributed by atoms with Gasteiger partial charge in [-0.25, -0.2) is 5.43 Å². The van der Waals surface area contributed by atoms with E-state index in [1.54, 1.807) is 24.3 Å². The van der Waals surface area contributed by atoms with Crippen molar-refractivity contribution in [2.45, 2.75) is 6.61 Å². The van der Waals surface area contributed by atoms with E-state index in [9.17, 15) is 9.90 Å². The Labute approximate surface area is 189 Å². The number of H-pyrrole nitrogens is 1. The van der Waals surface area contributed by atoms with Gasteiger partial charge in [0.15, 0.2) is 0 Å². The molecule has 3 aromatic carbocycles. The molecular weight excluding hydrogens is 428 g/mol. The van der Waals surface area contributed by atoms with Crippen molar-refractivity contribution >= 4 is 23.7 Å². The Kier molecular flexibility index (Phi) is 6.48. The first-order chi connectivity index (χ1) is 15.6. The number of aromatic amines is 1. The number of para-hydroxylation sites is 2. The van der Waals surface area contributed by atoms with E-state index in [1.165, 1.54) is 12.3 Å². The number of ether oxygens (including phenoxy) is 1. The summed E-state index contributed by atoms with van der Waals surface area (Å²) in [6.45, 7) is 0.301. The number of rotatable bonds is 7. The number of benzene rings is 3. The van der Waals surface area contributed by atoms with Gasteiger partial charge in [-0.15, -0.1) is 0 Å². The normalized spacial score (nSPS) is 10.9. The van der Waals surface area contributed by atoms with E-state index in [0.717, 1.165) is 11.1 Å². The number of nitrogens with one attached hydrogen (secondary N) is 2. The smallest absolute Gasteiger partial charge is 0.289 e. The highest BCUT2D eigenvalue weighted by molar-refractivity contribution is 6.31. The van der Waals surface area contributed by atoms with Crippen LogP contribution in [0.3, 0.4) is 0 Å². The summed E-state index contributed by atoms with van der Waals surface area (Å²) in [5.41, 5.74) is 5.28. The van der Waals surface area contributed by atoms with Crippen LogP contribution in [0.1, 0.15) is 21.6 Å². The lowest BCUT2D eigenvalue weighted by Crippen LogP contribution is -2.18. The molecule has 7 nitrogen and oxygen atoms in total. The van der Waals surface area contributed by atoms with E-state index >= 15 is 0 Å². The number of hydrogen-bond donors (Lipinski definition) is 3. The number of carbonyl (C=O) groups excluding carboxylic acids is 1. The number of nitrogens with zero attached hydrogens (tertiary/aromatic N) is 2. The molecule has 1 aromatic heterocycles. The van der Waals surface area contributed by atoms with Gasteiger partial charge in [0, 0.05) is 21.7 Å². The Balaban J connectivity index is 1.46. The molecule has 0 aliphatic heterocycles. The zero-order valence-electron chi connectivity index (χ0n) is 16.8. The molecule has 1 heterocycles. The molecule has 0 saturated carbocycles. The van der Waals surface area contributed by atoms with E-state index in [1.807, 2.05) is 48.5 Å². The van der Waals surface area contributed by atoms with Crippen molar-refractivity contribution in [3.8, 4) is 22.8 Å². The first-order valence-corrected chi connectivity index (χ1v) is 10.1. The summed E-state index contributed by atoms with van der Waals surface area (Å²) in [5, 5.41) is 21.2. The first-order valence-electron chi connectivity index (χ1n) is 9.74. The molecule has 0 bridgehead atoms. The number of phenolic OH excluding ortho intramolecular Hbond substituents is 1. The second-order valence-corrected chi connectivity index (χ2v) is 7.21. The van der Waals surface area contributed by atoms with Gasteiger partial charge >= 0.3 is 0 Å². The van der Waals surface area contributed by atoms with Crippen LogP contribution in [-0.4, -0.2) is 27.4 Å². The summed E-state index contributed by atoms with van der Waals surface area (Å²) < 4.78 is 5.97. The Morgan fingerprint density at radius 3 is 2.69 bits per heavy atom. The average molecular weight is 447 g/mol. The average Bonchev–Trinajstić information content (AvgIpc) is 3.30. The molecule has 160 valence electrons. The van der Waals surface area contributed by atoms with Crippen LogP contribution >= 0.6 is 11.6 Å². The molecule has 3 N–H and O–H groups in total. The van der Waals surface area contributed by atoms with Crippen LogP contribution in [0.25, 0.3) is 11.3 Å². The molecule has 0 saturated heterocycles. The molecule has 0 radical (unpaired) electrons. The topological polar surface area (TPSA) is 99.6 Å². The number of hydrogen-bond acceptors (Lipinski definition) is 5. The first kappa shape index (κ1) is 21.1. The molecule has 0 aliphatic carbocycles. The summed E-state index contributed by atoms with van der Waals surface area (Å²) in [7, 11) is 0. The molecule has 4 rings (SSSR count). The number of aromatic nitrogens is 2. The Bertz CT molecular complexity index is 1270. The van der Waals surface area contributed by atoms with Gasteiger partial charge in [0.25, 0.3) is 5.91 Å². The van der Waals surface area contributed by atoms with Gasteiger partial charge in [-0.2, -0.15) is 10.2 Å². The number of hydrazone groups is 1. The second kappa shape index (κ2) is 9.80. The molecule has 32 heavy (non-hydrogen) atoms. The SMILES string of the molecule is O=C(NN=Cc1ccccc1O)c1cc(-c2ccccc2OCc2ccccc2Cl)n[nH]1.